The molecule has 166 valence electrons. The molecule has 0 bridgehead atoms. The highest BCUT2D eigenvalue weighted by molar-refractivity contribution is 5.98. The monoisotopic (exact) mass is 421 g/mol. The van der Waals surface area contributed by atoms with E-state index < -0.39 is 41.7 Å². The van der Waals surface area contributed by atoms with Gasteiger partial charge in [-0.15, -0.1) is 0 Å². The van der Waals surface area contributed by atoms with E-state index in [1.807, 2.05) is 20.8 Å². The van der Waals surface area contributed by atoms with Crippen molar-refractivity contribution in [3.05, 3.63) is 0 Å². The van der Waals surface area contributed by atoms with E-state index in [-0.39, 0.29) is 37.6 Å². The minimum atomic E-state index is -4.21. The first-order chi connectivity index (χ1) is 13.4. The Morgan fingerprint density at radius 1 is 1.07 bits per heavy atom. The molecule has 0 aromatic carbocycles. The van der Waals surface area contributed by atoms with Gasteiger partial charge in [0.15, 0.2) is 5.96 Å². The minimum Gasteiger partial charge on any atom is -0.468 e. The average Bonchev–Trinajstić information content (AvgIpc) is 3.07. The van der Waals surface area contributed by atoms with Crippen LogP contribution in [0.5, 0.6) is 0 Å². The molecule has 0 aromatic rings. The fourth-order valence-corrected chi connectivity index (χ4v) is 3.43. The molecule has 1 amide bonds. The number of esters is 1. The van der Waals surface area contributed by atoms with Crippen LogP contribution >= 0.6 is 0 Å². The van der Waals surface area contributed by atoms with Crippen LogP contribution < -0.4 is 21.5 Å². The third-order valence-electron chi connectivity index (χ3n) is 4.95. The van der Waals surface area contributed by atoms with Gasteiger partial charge in [0.25, 0.3) is 0 Å². The van der Waals surface area contributed by atoms with E-state index in [4.69, 9.17) is 0 Å². The summed E-state index contributed by atoms with van der Waals surface area (Å²) in [6.45, 7) is 5.67. The Labute approximate surface area is 168 Å². The molecule has 2 rings (SSSR count). The fourth-order valence-electron chi connectivity index (χ4n) is 3.43. The van der Waals surface area contributed by atoms with Crippen LogP contribution in [0.4, 0.5) is 13.2 Å². The predicted molar refractivity (Wildman–Crippen MR) is 100 cm³/mol. The van der Waals surface area contributed by atoms with Crippen LogP contribution in [0.1, 0.15) is 52.9 Å². The zero-order valence-electron chi connectivity index (χ0n) is 17.2. The number of hydrogen-bond donors (Lipinski definition) is 4. The highest BCUT2D eigenvalue weighted by Crippen LogP contribution is 2.39. The largest absolute Gasteiger partial charge is 0.468 e. The fraction of sp³-hybridized carbons (Fsp3) is 0.833. The highest BCUT2D eigenvalue weighted by atomic mass is 19.4. The number of alkyl halides is 3. The molecule has 1 saturated carbocycles. The van der Waals surface area contributed by atoms with Crippen molar-refractivity contribution >= 4 is 17.8 Å². The quantitative estimate of drug-likeness (QED) is 0.313. The third kappa shape index (κ3) is 7.14. The first-order valence-corrected chi connectivity index (χ1v) is 9.71. The van der Waals surface area contributed by atoms with Crippen molar-refractivity contribution in [1.82, 2.24) is 21.5 Å². The second kappa shape index (κ2) is 9.29. The van der Waals surface area contributed by atoms with Crippen LogP contribution in [0.15, 0.2) is 4.99 Å². The van der Waals surface area contributed by atoms with Gasteiger partial charge >= 0.3 is 12.1 Å². The van der Waals surface area contributed by atoms with Crippen LogP contribution in [0.2, 0.25) is 0 Å². The Balaban J connectivity index is 2.00. The lowest BCUT2D eigenvalue weighted by molar-refractivity contribution is -0.184. The van der Waals surface area contributed by atoms with Gasteiger partial charge in [-0.05, 0) is 46.5 Å². The zero-order valence-corrected chi connectivity index (χ0v) is 17.2. The molecule has 2 unspecified atom stereocenters. The van der Waals surface area contributed by atoms with Crippen molar-refractivity contribution < 1.29 is 27.5 Å². The number of ether oxygens (including phenoxy) is 1. The zero-order chi connectivity index (χ0) is 21.8. The molecule has 1 saturated heterocycles. The number of carbonyl (C=O) groups is 2. The lowest BCUT2D eigenvalue weighted by Crippen LogP contribution is -2.52. The molecular formula is C18H30F3N5O3. The van der Waals surface area contributed by atoms with Crippen molar-refractivity contribution in [3.8, 4) is 0 Å². The summed E-state index contributed by atoms with van der Waals surface area (Å²) in [5.74, 6) is -2.39. The second-order valence-electron chi connectivity index (χ2n) is 8.55. The van der Waals surface area contributed by atoms with Gasteiger partial charge in [0.2, 0.25) is 5.91 Å². The van der Waals surface area contributed by atoms with Gasteiger partial charge in [0.05, 0.1) is 13.0 Å². The van der Waals surface area contributed by atoms with Crippen molar-refractivity contribution in [2.75, 3.05) is 7.11 Å². The molecule has 29 heavy (non-hydrogen) atoms. The smallest absolute Gasteiger partial charge is 0.391 e. The summed E-state index contributed by atoms with van der Waals surface area (Å²) in [4.78, 5) is 28.7. The SMILES string of the molecule is COC(=O)C1CC(/N=C(/NC(=O)C2CCC(C(F)(F)F)CC2)NC(C)(C)C)NN1. The Bertz CT molecular complexity index is 625. The molecule has 0 aromatic heterocycles. The van der Waals surface area contributed by atoms with Gasteiger partial charge in [-0.2, -0.15) is 13.2 Å². The number of hydrogen-bond acceptors (Lipinski definition) is 6. The van der Waals surface area contributed by atoms with Crippen molar-refractivity contribution in [1.29, 1.82) is 0 Å². The van der Waals surface area contributed by atoms with E-state index in [0.717, 1.165) is 0 Å². The van der Waals surface area contributed by atoms with Crippen LogP contribution in [0.3, 0.4) is 0 Å². The maximum atomic E-state index is 12.8. The molecule has 1 heterocycles. The average molecular weight is 421 g/mol. The lowest BCUT2D eigenvalue weighted by Gasteiger charge is -2.30. The summed E-state index contributed by atoms with van der Waals surface area (Å²) in [7, 11) is 1.29. The normalized spacial score (nSPS) is 28.7. The lowest BCUT2D eigenvalue weighted by atomic mass is 9.81. The molecule has 11 heteroatoms. The topological polar surface area (TPSA) is 104 Å². The number of aliphatic imine (C=N–C) groups is 1. The summed E-state index contributed by atoms with van der Waals surface area (Å²) >= 11 is 0. The van der Waals surface area contributed by atoms with Gasteiger partial charge in [-0.1, -0.05) is 0 Å². The van der Waals surface area contributed by atoms with Gasteiger partial charge in [0, 0.05) is 17.9 Å². The van der Waals surface area contributed by atoms with Crippen LogP contribution in [0.25, 0.3) is 0 Å². The molecule has 2 fully saturated rings. The van der Waals surface area contributed by atoms with Crippen LogP contribution in [0, 0.1) is 11.8 Å². The standard InChI is InChI=1S/C18H30F3N5O3/c1-17(2,3)24-16(22-13-9-12(25-26-13)15(28)29-4)23-14(27)10-5-7-11(8-6-10)18(19,20)21/h10-13,25-26H,5-9H2,1-4H3,(H2,22,23,24,27). The summed E-state index contributed by atoms with van der Waals surface area (Å²) in [6, 6.07) is -0.557. The molecule has 1 aliphatic carbocycles. The maximum Gasteiger partial charge on any atom is 0.391 e. The van der Waals surface area contributed by atoms with E-state index >= 15 is 0 Å². The number of nitrogens with zero attached hydrogens (tertiary/aromatic N) is 1. The van der Waals surface area contributed by atoms with Gasteiger partial charge in [-0.25, -0.2) is 15.8 Å². The number of methoxy groups -OCH3 is 1. The van der Waals surface area contributed by atoms with Crippen LogP contribution in [-0.4, -0.2) is 48.9 Å². The first kappa shape index (κ1) is 23.4. The first-order valence-electron chi connectivity index (χ1n) is 9.71. The number of halogens is 3. The number of carbonyl (C=O) groups excluding carboxylic acids is 2. The molecular weight excluding hydrogens is 391 g/mol. The highest BCUT2D eigenvalue weighted by Gasteiger charge is 2.42. The minimum absolute atomic E-state index is 0.0460. The van der Waals surface area contributed by atoms with Crippen molar-refractivity contribution in [2.24, 2.45) is 16.8 Å². The summed E-state index contributed by atoms with van der Waals surface area (Å²) in [5.41, 5.74) is 5.23. The van der Waals surface area contributed by atoms with Gasteiger partial charge in [0.1, 0.15) is 12.2 Å². The van der Waals surface area contributed by atoms with Crippen molar-refractivity contribution in [3.63, 3.8) is 0 Å². The van der Waals surface area contributed by atoms with Gasteiger partial charge < -0.3 is 10.1 Å². The summed E-state index contributed by atoms with van der Waals surface area (Å²) in [6.07, 6.45) is -4.08. The Hall–Kier alpha value is -1.88. The summed E-state index contributed by atoms with van der Waals surface area (Å²) < 4.78 is 43.2. The number of rotatable bonds is 3. The number of guanidine groups is 1. The second-order valence-corrected chi connectivity index (χ2v) is 8.55. The van der Waals surface area contributed by atoms with Crippen LogP contribution in [-0.2, 0) is 14.3 Å². The predicted octanol–water partition coefficient (Wildman–Crippen LogP) is 1.58. The number of hydrazine groups is 1. The third-order valence-corrected chi connectivity index (χ3v) is 4.95. The summed E-state index contributed by atoms with van der Waals surface area (Å²) in [5, 5.41) is 5.81. The number of amides is 1. The van der Waals surface area contributed by atoms with E-state index in [1.165, 1.54) is 7.11 Å². The Morgan fingerprint density at radius 2 is 1.69 bits per heavy atom. The maximum absolute atomic E-state index is 12.8. The molecule has 0 radical (unpaired) electrons. The molecule has 2 atom stereocenters. The number of nitrogens with one attached hydrogen (secondary N) is 4. The molecule has 8 nitrogen and oxygen atoms in total. The van der Waals surface area contributed by atoms with E-state index in [1.54, 1.807) is 0 Å². The molecule has 4 N–H and O–H groups in total. The van der Waals surface area contributed by atoms with Gasteiger partial charge in [-0.3, -0.25) is 14.9 Å². The Kier molecular flexibility index (Phi) is 7.50. The Morgan fingerprint density at radius 3 is 2.21 bits per heavy atom. The molecule has 1 aliphatic heterocycles. The van der Waals surface area contributed by atoms with E-state index in [9.17, 15) is 22.8 Å². The van der Waals surface area contributed by atoms with E-state index in [2.05, 4.69) is 31.2 Å². The van der Waals surface area contributed by atoms with E-state index in [0.29, 0.717) is 6.42 Å². The molecule has 0 spiro atoms. The molecule has 2 aliphatic rings. The van der Waals surface area contributed by atoms with Crippen molar-refractivity contribution in [2.45, 2.75) is 76.8 Å².